The van der Waals surface area contributed by atoms with Crippen LogP contribution in [-0.2, 0) is 9.59 Å². The molecule has 1 fully saturated rings. The van der Waals surface area contributed by atoms with Gasteiger partial charge in [0.25, 0.3) is 11.8 Å². The topological polar surface area (TPSA) is 49.4 Å². The second-order valence-electron chi connectivity index (χ2n) is 3.65. The van der Waals surface area contributed by atoms with Crippen molar-refractivity contribution in [3.8, 4) is 0 Å². The molecule has 0 saturated carbocycles. The SMILES string of the molecule is C=CCN1C(=O)C(=Cc2sccc2I)C(=O)NC1=S. The molecule has 0 atom stereocenters. The molecule has 0 spiro atoms. The molecule has 19 heavy (non-hydrogen) atoms. The fourth-order valence-electron chi connectivity index (χ4n) is 1.53. The van der Waals surface area contributed by atoms with Crippen LogP contribution in [0.2, 0.25) is 0 Å². The van der Waals surface area contributed by atoms with Crippen LogP contribution in [0.15, 0.2) is 29.7 Å². The molecule has 4 nitrogen and oxygen atoms in total. The van der Waals surface area contributed by atoms with Crippen molar-refractivity contribution in [3.05, 3.63) is 38.1 Å². The van der Waals surface area contributed by atoms with Crippen LogP contribution in [0.3, 0.4) is 0 Å². The van der Waals surface area contributed by atoms with Gasteiger partial charge in [0.15, 0.2) is 5.11 Å². The molecule has 2 heterocycles. The van der Waals surface area contributed by atoms with Crippen molar-refractivity contribution in [2.75, 3.05) is 6.54 Å². The molecule has 98 valence electrons. The van der Waals surface area contributed by atoms with Crippen LogP contribution in [0.4, 0.5) is 0 Å². The smallest absolute Gasteiger partial charge is 0.265 e. The highest BCUT2D eigenvalue weighted by Gasteiger charge is 2.32. The Morgan fingerprint density at radius 2 is 2.26 bits per heavy atom. The quantitative estimate of drug-likeness (QED) is 0.276. The van der Waals surface area contributed by atoms with E-state index in [-0.39, 0.29) is 17.2 Å². The average molecular weight is 404 g/mol. The molecule has 0 radical (unpaired) electrons. The number of thiophene rings is 1. The zero-order chi connectivity index (χ0) is 14.0. The van der Waals surface area contributed by atoms with Gasteiger partial charge in [-0.05, 0) is 52.3 Å². The highest BCUT2D eigenvalue weighted by Crippen LogP contribution is 2.23. The Bertz CT molecular complexity index is 607. The number of hydrogen-bond donors (Lipinski definition) is 1. The van der Waals surface area contributed by atoms with Crippen LogP contribution in [0.25, 0.3) is 6.08 Å². The fraction of sp³-hybridized carbons (Fsp3) is 0.0833. The third kappa shape index (κ3) is 2.93. The Hall–Kier alpha value is -1.06. The summed E-state index contributed by atoms with van der Waals surface area (Å²) >= 11 is 8.61. The van der Waals surface area contributed by atoms with Crippen molar-refractivity contribution in [2.24, 2.45) is 0 Å². The van der Waals surface area contributed by atoms with Gasteiger partial charge in [-0.3, -0.25) is 19.8 Å². The second kappa shape index (κ2) is 5.93. The summed E-state index contributed by atoms with van der Waals surface area (Å²) in [6, 6.07) is 1.93. The van der Waals surface area contributed by atoms with Crippen LogP contribution >= 0.6 is 46.1 Å². The maximum atomic E-state index is 12.2. The molecule has 7 heteroatoms. The summed E-state index contributed by atoms with van der Waals surface area (Å²) < 4.78 is 0.999. The number of carbonyl (C=O) groups excluding carboxylic acids is 2. The largest absolute Gasteiger partial charge is 0.298 e. The number of halogens is 1. The molecule has 1 N–H and O–H groups in total. The van der Waals surface area contributed by atoms with Crippen molar-refractivity contribution >= 4 is 69.1 Å². The lowest BCUT2D eigenvalue weighted by atomic mass is 10.1. The number of nitrogens with zero attached hydrogens (tertiary/aromatic N) is 1. The number of amides is 2. The van der Waals surface area contributed by atoms with Gasteiger partial charge < -0.3 is 0 Å². The third-order valence-corrected chi connectivity index (χ3v) is 4.91. The molecule has 1 aliphatic rings. The molecule has 2 amide bonds. The van der Waals surface area contributed by atoms with E-state index < -0.39 is 11.8 Å². The Morgan fingerprint density at radius 1 is 1.53 bits per heavy atom. The first-order valence-electron chi connectivity index (χ1n) is 5.27. The summed E-state index contributed by atoms with van der Waals surface area (Å²) in [7, 11) is 0. The summed E-state index contributed by atoms with van der Waals surface area (Å²) in [6.45, 7) is 3.85. The molecular formula is C12H9IN2O2S2. The lowest BCUT2D eigenvalue weighted by Gasteiger charge is -2.27. The van der Waals surface area contributed by atoms with Crippen molar-refractivity contribution in [1.82, 2.24) is 10.2 Å². The van der Waals surface area contributed by atoms with E-state index in [9.17, 15) is 9.59 Å². The van der Waals surface area contributed by atoms with Gasteiger partial charge in [-0.15, -0.1) is 17.9 Å². The predicted molar refractivity (Wildman–Crippen MR) is 87.7 cm³/mol. The zero-order valence-corrected chi connectivity index (χ0v) is 13.5. The number of rotatable bonds is 3. The van der Waals surface area contributed by atoms with Gasteiger partial charge in [-0.25, -0.2) is 0 Å². The Kier molecular flexibility index (Phi) is 4.48. The molecule has 1 aromatic rings. The normalized spacial score (nSPS) is 17.8. The Balaban J connectivity index is 2.39. The Morgan fingerprint density at radius 3 is 2.84 bits per heavy atom. The first kappa shape index (κ1) is 14.4. The highest BCUT2D eigenvalue weighted by molar-refractivity contribution is 14.1. The van der Waals surface area contributed by atoms with E-state index >= 15 is 0 Å². The standard InChI is InChI=1S/C12H9IN2O2S2/c1-2-4-15-11(17)7(10(16)14-12(15)18)6-9-8(13)3-5-19-9/h2-3,5-6H,1,4H2,(H,14,16,18). The van der Waals surface area contributed by atoms with Crippen LogP contribution in [0, 0.1) is 3.57 Å². The maximum Gasteiger partial charge on any atom is 0.265 e. The molecule has 1 saturated heterocycles. The summed E-state index contributed by atoms with van der Waals surface area (Å²) in [6.07, 6.45) is 3.16. The van der Waals surface area contributed by atoms with Gasteiger partial charge in [-0.1, -0.05) is 6.08 Å². The molecule has 2 rings (SSSR count). The van der Waals surface area contributed by atoms with Crippen LogP contribution in [-0.4, -0.2) is 28.4 Å². The number of carbonyl (C=O) groups is 2. The van der Waals surface area contributed by atoms with Gasteiger partial charge >= 0.3 is 0 Å². The second-order valence-corrected chi connectivity index (χ2v) is 6.15. The van der Waals surface area contributed by atoms with Crippen molar-refractivity contribution < 1.29 is 9.59 Å². The number of nitrogens with one attached hydrogen (secondary N) is 1. The van der Waals surface area contributed by atoms with Crippen molar-refractivity contribution in [3.63, 3.8) is 0 Å². The van der Waals surface area contributed by atoms with E-state index in [1.54, 1.807) is 12.2 Å². The average Bonchev–Trinajstić information content (AvgIpc) is 2.76. The third-order valence-electron chi connectivity index (χ3n) is 2.42. The lowest BCUT2D eigenvalue weighted by Crippen LogP contribution is -2.53. The van der Waals surface area contributed by atoms with E-state index in [4.69, 9.17) is 12.2 Å². The monoisotopic (exact) mass is 404 g/mol. The van der Waals surface area contributed by atoms with E-state index in [0.717, 1.165) is 8.45 Å². The van der Waals surface area contributed by atoms with E-state index in [1.807, 2.05) is 11.4 Å². The van der Waals surface area contributed by atoms with Gasteiger partial charge in [0.2, 0.25) is 0 Å². The summed E-state index contributed by atoms with van der Waals surface area (Å²) in [5.74, 6) is -0.850. The summed E-state index contributed by atoms with van der Waals surface area (Å²) in [5, 5.41) is 4.54. The minimum absolute atomic E-state index is 0.0933. The minimum Gasteiger partial charge on any atom is -0.298 e. The van der Waals surface area contributed by atoms with E-state index in [0.29, 0.717) is 0 Å². The van der Waals surface area contributed by atoms with Gasteiger partial charge in [0.1, 0.15) is 5.57 Å². The van der Waals surface area contributed by atoms with Gasteiger partial charge in [-0.2, -0.15) is 0 Å². The molecule has 0 aliphatic carbocycles. The summed E-state index contributed by atoms with van der Waals surface area (Å²) in [5.41, 5.74) is 0.0933. The lowest BCUT2D eigenvalue weighted by molar-refractivity contribution is -0.128. The first-order valence-corrected chi connectivity index (χ1v) is 7.64. The summed E-state index contributed by atoms with van der Waals surface area (Å²) in [4.78, 5) is 26.3. The van der Waals surface area contributed by atoms with Crippen LogP contribution in [0.1, 0.15) is 4.88 Å². The fourth-order valence-corrected chi connectivity index (χ4v) is 3.46. The molecular weight excluding hydrogens is 395 g/mol. The zero-order valence-electron chi connectivity index (χ0n) is 9.68. The van der Waals surface area contributed by atoms with E-state index in [1.165, 1.54) is 16.2 Å². The molecule has 1 aromatic heterocycles. The molecule has 1 aliphatic heterocycles. The van der Waals surface area contributed by atoms with Crippen LogP contribution in [0.5, 0.6) is 0 Å². The van der Waals surface area contributed by atoms with Gasteiger partial charge in [0, 0.05) is 15.0 Å². The number of hydrogen-bond acceptors (Lipinski definition) is 4. The van der Waals surface area contributed by atoms with Crippen molar-refractivity contribution in [2.45, 2.75) is 0 Å². The Labute approximate surface area is 133 Å². The van der Waals surface area contributed by atoms with E-state index in [2.05, 4.69) is 34.5 Å². The predicted octanol–water partition coefficient (Wildman–Crippen LogP) is 2.17. The molecule has 0 aromatic carbocycles. The number of thiocarbonyl (C=S) groups is 1. The highest BCUT2D eigenvalue weighted by atomic mass is 127. The minimum atomic E-state index is -0.459. The van der Waals surface area contributed by atoms with Gasteiger partial charge in [0.05, 0.1) is 0 Å². The van der Waals surface area contributed by atoms with Crippen LogP contribution < -0.4 is 5.32 Å². The molecule has 0 bridgehead atoms. The van der Waals surface area contributed by atoms with Crippen molar-refractivity contribution in [1.29, 1.82) is 0 Å². The maximum absolute atomic E-state index is 12.2. The first-order chi connectivity index (χ1) is 9.04. The molecule has 0 unspecified atom stereocenters.